The zero-order chi connectivity index (χ0) is 29.8. The molecule has 0 saturated carbocycles. The van der Waals surface area contributed by atoms with Crippen LogP contribution in [-0.2, 0) is 36.8 Å². The Balaban J connectivity index is 1.80. The minimum atomic E-state index is -1.11. The Hall–Kier alpha value is -4.45. The Morgan fingerprint density at radius 1 is 0.927 bits per heavy atom. The molecule has 2 aromatic carbocycles. The number of hydrogen-bond donors (Lipinski definition) is 7. The third-order valence-electron chi connectivity index (χ3n) is 6.84. The van der Waals surface area contributed by atoms with E-state index in [1.54, 1.807) is 36.4 Å². The van der Waals surface area contributed by atoms with Crippen molar-refractivity contribution >= 4 is 29.5 Å². The SMILES string of the molecule is NC(=O)[C@@H]1CCC(=O)NCCCC[C@H](NC(=O)[C@@H](N)Cc2ccc(O)cc2)C(=O)N[C@@H](Cc2ccccc2)C(=O)N1. The maximum Gasteiger partial charge on any atom is 0.243 e. The van der Waals surface area contributed by atoms with E-state index in [0.29, 0.717) is 19.4 Å². The largest absolute Gasteiger partial charge is 0.508 e. The molecule has 2 aromatic rings. The van der Waals surface area contributed by atoms with Crippen LogP contribution in [0.3, 0.4) is 0 Å². The first kappa shape index (κ1) is 31.1. The Kier molecular flexibility index (Phi) is 11.6. The van der Waals surface area contributed by atoms with Crippen molar-refractivity contribution in [2.75, 3.05) is 6.54 Å². The fraction of sp³-hybridized carbons (Fsp3) is 0.414. The van der Waals surface area contributed by atoms with Crippen molar-refractivity contribution in [3.8, 4) is 5.75 Å². The molecule has 0 unspecified atom stereocenters. The number of amides is 5. The molecule has 12 nitrogen and oxygen atoms in total. The Labute approximate surface area is 238 Å². The van der Waals surface area contributed by atoms with Gasteiger partial charge in [-0.25, -0.2) is 0 Å². The van der Waals surface area contributed by atoms with Gasteiger partial charge in [0.15, 0.2) is 0 Å². The molecule has 41 heavy (non-hydrogen) atoms. The van der Waals surface area contributed by atoms with E-state index in [9.17, 15) is 29.1 Å². The summed E-state index contributed by atoms with van der Waals surface area (Å²) in [6.45, 7) is 0.339. The van der Waals surface area contributed by atoms with Gasteiger partial charge in [-0.05, 0) is 55.4 Å². The van der Waals surface area contributed by atoms with Crippen LogP contribution < -0.4 is 32.7 Å². The summed E-state index contributed by atoms with van der Waals surface area (Å²) in [4.78, 5) is 64.1. The molecule has 220 valence electrons. The lowest BCUT2D eigenvalue weighted by molar-refractivity contribution is -0.133. The number of phenolic OH excluding ortho intramolecular Hbond substituents is 1. The number of benzene rings is 2. The summed E-state index contributed by atoms with van der Waals surface area (Å²) in [5.41, 5.74) is 13.1. The molecule has 1 heterocycles. The van der Waals surface area contributed by atoms with Gasteiger partial charge in [0.25, 0.3) is 0 Å². The van der Waals surface area contributed by atoms with Gasteiger partial charge in [0.1, 0.15) is 23.9 Å². The van der Waals surface area contributed by atoms with E-state index in [1.807, 2.05) is 6.07 Å². The van der Waals surface area contributed by atoms with Crippen molar-refractivity contribution in [3.63, 3.8) is 0 Å². The van der Waals surface area contributed by atoms with Crippen LogP contribution in [0.1, 0.15) is 43.2 Å². The Morgan fingerprint density at radius 2 is 1.63 bits per heavy atom. The second-order valence-electron chi connectivity index (χ2n) is 10.1. The van der Waals surface area contributed by atoms with Crippen molar-refractivity contribution in [3.05, 3.63) is 65.7 Å². The van der Waals surface area contributed by atoms with Gasteiger partial charge in [0, 0.05) is 19.4 Å². The van der Waals surface area contributed by atoms with E-state index in [1.165, 1.54) is 12.1 Å². The van der Waals surface area contributed by atoms with Crippen molar-refractivity contribution in [1.82, 2.24) is 21.3 Å². The predicted octanol–water partition coefficient (Wildman–Crippen LogP) is -0.475. The van der Waals surface area contributed by atoms with E-state index in [0.717, 1.165) is 11.1 Å². The highest BCUT2D eigenvalue weighted by Crippen LogP contribution is 2.12. The van der Waals surface area contributed by atoms with Crippen LogP contribution in [0, 0.1) is 0 Å². The fourth-order valence-electron chi connectivity index (χ4n) is 4.48. The van der Waals surface area contributed by atoms with E-state index >= 15 is 0 Å². The van der Waals surface area contributed by atoms with Crippen LogP contribution in [0.25, 0.3) is 0 Å². The van der Waals surface area contributed by atoms with Crippen LogP contribution in [0.15, 0.2) is 54.6 Å². The molecule has 5 amide bonds. The number of aromatic hydroxyl groups is 1. The minimum absolute atomic E-state index is 0.0104. The third-order valence-corrected chi connectivity index (χ3v) is 6.84. The lowest BCUT2D eigenvalue weighted by Gasteiger charge is -2.25. The first-order chi connectivity index (χ1) is 19.6. The molecule has 1 aliphatic heterocycles. The average molecular weight is 567 g/mol. The van der Waals surface area contributed by atoms with E-state index in [4.69, 9.17) is 11.5 Å². The number of carbonyl (C=O) groups is 5. The molecule has 1 saturated heterocycles. The molecule has 1 fully saturated rings. The number of nitrogens with two attached hydrogens (primary N) is 2. The Bertz CT molecular complexity index is 1210. The molecule has 0 bridgehead atoms. The van der Waals surface area contributed by atoms with Gasteiger partial charge in [-0.2, -0.15) is 0 Å². The topological polar surface area (TPSA) is 206 Å². The smallest absolute Gasteiger partial charge is 0.243 e. The highest BCUT2D eigenvalue weighted by Gasteiger charge is 2.30. The molecule has 0 aliphatic carbocycles. The summed E-state index contributed by atoms with van der Waals surface area (Å²) < 4.78 is 0. The van der Waals surface area contributed by atoms with Crippen molar-refractivity contribution in [2.24, 2.45) is 11.5 Å². The van der Waals surface area contributed by atoms with Gasteiger partial charge < -0.3 is 37.8 Å². The average Bonchev–Trinajstić information content (AvgIpc) is 2.95. The molecular formula is C29H38N6O6. The normalized spacial score (nSPS) is 21.7. The van der Waals surface area contributed by atoms with Crippen molar-refractivity contribution < 1.29 is 29.1 Å². The first-order valence-corrected chi connectivity index (χ1v) is 13.7. The summed E-state index contributed by atoms with van der Waals surface area (Å²) >= 11 is 0. The maximum atomic E-state index is 13.5. The molecule has 0 aromatic heterocycles. The highest BCUT2D eigenvalue weighted by atomic mass is 16.3. The lowest BCUT2D eigenvalue weighted by atomic mass is 10.0. The minimum Gasteiger partial charge on any atom is -0.508 e. The Morgan fingerprint density at radius 3 is 2.32 bits per heavy atom. The number of nitrogens with one attached hydrogen (secondary N) is 4. The van der Waals surface area contributed by atoms with Gasteiger partial charge in [0.2, 0.25) is 29.5 Å². The van der Waals surface area contributed by atoms with Crippen LogP contribution in [-0.4, -0.2) is 65.4 Å². The van der Waals surface area contributed by atoms with Crippen LogP contribution in [0.4, 0.5) is 0 Å². The van der Waals surface area contributed by atoms with E-state index in [2.05, 4.69) is 21.3 Å². The standard InChI is InChI=1S/C29H38N6O6/c30-21(16-19-9-11-20(36)12-10-19)27(39)34-23-8-4-5-15-32-25(37)14-13-22(26(31)38)33-29(41)24(35-28(23)40)17-18-6-2-1-3-7-18/h1-3,6-7,9-12,21-24,36H,4-5,8,13-17,30H2,(H2,31,38)(H,32,37)(H,33,41)(H,34,39)(H,35,40)/t21-,22-,23-,24-/m0/s1. The number of hydrogen-bond acceptors (Lipinski definition) is 7. The van der Waals surface area contributed by atoms with Gasteiger partial charge in [0.05, 0.1) is 6.04 Å². The zero-order valence-electron chi connectivity index (χ0n) is 22.8. The third kappa shape index (κ3) is 10.2. The number of primary amides is 1. The van der Waals surface area contributed by atoms with Gasteiger partial charge in [-0.3, -0.25) is 24.0 Å². The number of phenols is 1. The molecule has 1 aliphatic rings. The second-order valence-corrected chi connectivity index (χ2v) is 10.1. The summed E-state index contributed by atoms with van der Waals surface area (Å²) in [5.74, 6) is -2.78. The molecule has 12 heteroatoms. The predicted molar refractivity (Wildman–Crippen MR) is 151 cm³/mol. The summed E-state index contributed by atoms with van der Waals surface area (Å²) in [6.07, 6.45) is 1.56. The molecule has 3 rings (SSSR count). The van der Waals surface area contributed by atoms with Crippen LogP contribution >= 0.6 is 0 Å². The summed E-state index contributed by atoms with van der Waals surface area (Å²) in [6, 6.07) is 11.1. The molecule has 4 atom stereocenters. The van der Waals surface area contributed by atoms with Crippen LogP contribution in [0.2, 0.25) is 0 Å². The van der Waals surface area contributed by atoms with Crippen LogP contribution in [0.5, 0.6) is 5.75 Å². The van der Waals surface area contributed by atoms with Gasteiger partial charge in [-0.15, -0.1) is 0 Å². The number of rotatable bonds is 7. The first-order valence-electron chi connectivity index (χ1n) is 13.7. The van der Waals surface area contributed by atoms with Gasteiger partial charge >= 0.3 is 0 Å². The molecule has 0 spiro atoms. The summed E-state index contributed by atoms with van der Waals surface area (Å²) in [7, 11) is 0. The molecule has 0 radical (unpaired) electrons. The van der Waals surface area contributed by atoms with Gasteiger partial charge in [-0.1, -0.05) is 42.5 Å². The maximum absolute atomic E-state index is 13.5. The van der Waals surface area contributed by atoms with E-state index in [-0.39, 0.29) is 43.8 Å². The lowest BCUT2D eigenvalue weighted by Crippen LogP contribution is -2.58. The van der Waals surface area contributed by atoms with Crippen molar-refractivity contribution in [2.45, 2.75) is 69.1 Å². The van der Waals surface area contributed by atoms with E-state index < -0.39 is 47.8 Å². The monoisotopic (exact) mass is 566 g/mol. The number of carbonyl (C=O) groups excluding carboxylic acids is 5. The van der Waals surface area contributed by atoms with Crippen molar-refractivity contribution in [1.29, 1.82) is 0 Å². The zero-order valence-corrected chi connectivity index (χ0v) is 22.8. The summed E-state index contributed by atoms with van der Waals surface area (Å²) in [5, 5.41) is 20.2. The molecular weight excluding hydrogens is 528 g/mol. The highest BCUT2D eigenvalue weighted by molar-refractivity contribution is 5.95. The molecule has 9 N–H and O–H groups in total. The fourth-order valence-corrected chi connectivity index (χ4v) is 4.48. The second kappa shape index (κ2) is 15.4. The quantitative estimate of drug-likeness (QED) is 0.234.